The van der Waals surface area contributed by atoms with E-state index in [9.17, 15) is 14.1 Å². The lowest BCUT2D eigenvalue weighted by Crippen LogP contribution is -2.28. The largest absolute Gasteiger partial charge is 0.444 e. The van der Waals surface area contributed by atoms with E-state index in [4.69, 9.17) is 0 Å². The second-order valence-electron chi connectivity index (χ2n) is 2.35. The van der Waals surface area contributed by atoms with Crippen molar-refractivity contribution < 1.29 is 19.1 Å². The molecule has 13 heavy (non-hydrogen) atoms. The molecule has 0 bridgehead atoms. The second-order valence-corrected chi connectivity index (χ2v) is 2.35. The summed E-state index contributed by atoms with van der Waals surface area (Å²) in [6.07, 6.45) is -0.136. The lowest BCUT2D eigenvalue weighted by atomic mass is 10.4. The van der Waals surface area contributed by atoms with E-state index in [1.165, 1.54) is 0 Å². The van der Waals surface area contributed by atoms with Crippen LogP contribution in [-0.4, -0.2) is 25.1 Å². The Morgan fingerprint density at radius 1 is 1.31 bits per heavy atom. The van der Waals surface area contributed by atoms with E-state index in [2.05, 4.69) is 15.6 Å². The minimum Gasteiger partial charge on any atom is -0.356 e. The summed E-state index contributed by atoms with van der Waals surface area (Å²) >= 11 is 0. The third kappa shape index (κ3) is 7.04. The molecule has 2 N–H and O–H groups in total. The summed E-state index contributed by atoms with van der Waals surface area (Å²) in [6.45, 7) is 2.47. The molecule has 0 aromatic carbocycles. The Hall–Kier alpha value is -1.33. The lowest BCUT2D eigenvalue weighted by molar-refractivity contribution is -0.120. The molecule has 0 aliphatic heterocycles. The summed E-state index contributed by atoms with van der Waals surface area (Å²) in [5, 5.41) is 4.74. The van der Waals surface area contributed by atoms with Gasteiger partial charge in [-0.25, -0.2) is 9.74 Å². The van der Waals surface area contributed by atoms with E-state index in [-0.39, 0.29) is 12.5 Å². The van der Waals surface area contributed by atoms with Gasteiger partial charge in [0.2, 0.25) is 5.91 Å². The van der Waals surface area contributed by atoms with Crippen LogP contribution < -0.4 is 10.6 Å². The molecule has 0 radical (unpaired) electrons. The maximum Gasteiger partial charge on any atom is 0.444 e. The van der Waals surface area contributed by atoms with Gasteiger partial charge in [0, 0.05) is 24.0 Å². The van der Waals surface area contributed by atoms with Crippen molar-refractivity contribution >= 4 is 12.0 Å². The Morgan fingerprint density at radius 3 is 2.46 bits per heavy atom. The van der Waals surface area contributed by atoms with Gasteiger partial charge in [0.05, 0.1) is 0 Å². The number of hydrogen-bond acceptors (Lipinski definition) is 3. The quantitative estimate of drug-likeness (QED) is 0.624. The van der Waals surface area contributed by atoms with Gasteiger partial charge in [0.15, 0.2) is 0 Å². The average molecular weight is 192 g/mol. The minimum absolute atomic E-state index is 0.0481. The number of carbonyl (C=O) groups excluding carboxylic acids is 2. The molecular formula is C7H13FN2O3. The van der Waals surface area contributed by atoms with Crippen molar-refractivity contribution in [3.8, 4) is 0 Å². The maximum absolute atomic E-state index is 11.1. The molecule has 0 aromatic heterocycles. The van der Waals surface area contributed by atoms with Crippen LogP contribution in [0.5, 0.6) is 0 Å². The molecule has 0 saturated heterocycles. The molecule has 0 fully saturated rings. The molecular weight excluding hydrogens is 179 g/mol. The number of amides is 2. The molecule has 6 heteroatoms. The maximum atomic E-state index is 11.1. The number of rotatable bonds is 5. The molecule has 0 aromatic rings. The zero-order chi connectivity index (χ0) is 10.1. The zero-order valence-corrected chi connectivity index (χ0v) is 7.43. The first-order valence-electron chi connectivity index (χ1n) is 4.03. The molecule has 5 nitrogen and oxygen atoms in total. The first-order chi connectivity index (χ1) is 6.20. The molecule has 76 valence electrons. The Kier molecular flexibility index (Phi) is 6.58. The molecule has 0 saturated carbocycles. The third-order valence-electron chi connectivity index (χ3n) is 1.34. The Balaban J connectivity index is 3.17. The first-order valence-corrected chi connectivity index (χ1v) is 4.03. The van der Waals surface area contributed by atoms with Crippen molar-refractivity contribution in [1.29, 1.82) is 0 Å². The van der Waals surface area contributed by atoms with Gasteiger partial charge in [-0.05, 0) is 6.42 Å². The number of hydrogen-bond donors (Lipinski definition) is 2. The molecule has 0 unspecified atom stereocenters. The average Bonchev–Trinajstić information content (AvgIpc) is 2.16. The van der Waals surface area contributed by atoms with Gasteiger partial charge in [-0.3, -0.25) is 4.79 Å². The van der Waals surface area contributed by atoms with Crippen LogP contribution in [0.1, 0.15) is 19.8 Å². The highest BCUT2D eigenvalue weighted by molar-refractivity contribution is 5.75. The van der Waals surface area contributed by atoms with Crippen LogP contribution in [-0.2, 0) is 9.74 Å². The van der Waals surface area contributed by atoms with Crippen molar-refractivity contribution in [2.24, 2.45) is 0 Å². The van der Waals surface area contributed by atoms with Crippen LogP contribution in [0.15, 0.2) is 0 Å². The van der Waals surface area contributed by atoms with E-state index in [0.717, 1.165) is 0 Å². The molecule has 0 aliphatic carbocycles. The minimum atomic E-state index is -1.11. The van der Waals surface area contributed by atoms with Crippen LogP contribution in [0.2, 0.25) is 0 Å². The van der Waals surface area contributed by atoms with Gasteiger partial charge in [-0.15, -0.1) is 0 Å². The lowest BCUT2D eigenvalue weighted by Gasteiger charge is -2.03. The predicted octanol–water partition coefficient (Wildman–Crippen LogP) is 0.513. The Morgan fingerprint density at radius 2 is 1.92 bits per heavy atom. The molecule has 0 heterocycles. The van der Waals surface area contributed by atoms with Gasteiger partial charge in [-0.2, -0.15) is 0 Å². The van der Waals surface area contributed by atoms with Crippen LogP contribution in [0, 0.1) is 0 Å². The fourth-order valence-electron chi connectivity index (χ4n) is 0.659. The fourth-order valence-corrected chi connectivity index (χ4v) is 0.659. The van der Waals surface area contributed by atoms with Crippen molar-refractivity contribution in [3.05, 3.63) is 0 Å². The Labute approximate surface area is 75.5 Å². The third-order valence-corrected chi connectivity index (χ3v) is 1.34. The van der Waals surface area contributed by atoms with Gasteiger partial charge in [0.1, 0.15) is 0 Å². The van der Waals surface area contributed by atoms with Gasteiger partial charge >= 0.3 is 6.09 Å². The summed E-state index contributed by atoms with van der Waals surface area (Å²) in [5.41, 5.74) is 0. The fraction of sp³-hybridized carbons (Fsp3) is 0.714. The van der Waals surface area contributed by atoms with E-state index in [1.807, 2.05) is 0 Å². The molecule has 2 amide bonds. The number of nitrogens with one attached hydrogen (secondary N) is 2. The number of halogens is 1. The van der Waals surface area contributed by atoms with Crippen molar-refractivity contribution in [1.82, 2.24) is 10.6 Å². The Bertz CT molecular complexity index is 157. The van der Waals surface area contributed by atoms with E-state index in [1.54, 1.807) is 6.92 Å². The summed E-state index contributed by atoms with van der Waals surface area (Å²) in [7, 11) is 0. The second kappa shape index (κ2) is 7.33. The van der Waals surface area contributed by atoms with E-state index in [0.29, 0.717) is 19.4 Å². The van der Waals surface area contributed by atoms with E-state index < -0.39 is 6.09 Å². The summed E-state index contributed by atoms with van der Waals surface area (Å²) in [6, 6.07) is 0. The van der Waals surface area contributed by atoms with Gasteiger partial charge in [-0.1, -0.05) is 6.92 Å². The van der Waals surface area contributed by atoms with Crippen molar-refractivity contribution in [2.75, 3.05) is 13.1 Å². The highest BCUT2D eigenvalue weighted by atomic mass is 19.3. The van der Waals surface area contributed by atoms with Crippen LogP contribution in [0.25, 0.3) is 0 Å². The molecule has 0 rings (SSSR count). The molecule has 0 spiro atoms. The van der Waals surface area contributed by atoms with Crippen molar-refractivity contribution in [2.45, 2.75) is 19.8 Å². The molecule has 0 aliphatic rings. The summed E-state index contributed by atoms with van der Waals surface area (Å²) in [4.78, 5) is 23.7. The van der Waals surface area contributed by atoms with E-state index >= 15 is 0 Å². The number of carbonyl (C=O) groups is 2. The van der Waals surface area contributed by atoms with Gasteiger partial charge < -0.3 is 10.6 Å². The van der Waals surface area contributed by atoms with Crippen LogP contribution in [0.3, 0.4) is 0 Å². The highest BCUT2D eigenvalue weighted by Crippen LogP contribution is 1.80. The summed E-state index contributed by atoms with van der Waals surface area (Å²) < 4.78 is 11.1. The SMILES string of the molecule is CCC(=O)NCCCNC(=O)OF. The van der Waals surface area contributed by atoms with Crippen LogP contribution in [0.4, 0.5) is 9.32 Å². The highest BCUT2D eigenvalue weighted by Gasteiger charge is 1.99. The van der Waals surface area contributed by atoms with Gasteiger partial charge in [0.25, 0.3) is 0 Å². The van der Waals surface area contributed by atoms with Crippen LogP contribution >= 0.6 is 0 Å². The monoisotopic (exact) mass is 192 g/mol. The topological polar surface area (TPSA) is 67.4 Å². The standard InChI is InChI=1S/C7H13FN2O3/c1-2-6(11)9-4-3-5-10-7(12)13-8/h2-5H2,1H3,(H,9,11)(H,10,12). The summed E-state index contributed by atoms with van der Waals surface area (Å²) in [5.74, 6) is -0.0481. The normalized spacial score (nSPS) is 9.08. The smallest absolute Gasteiger partial charge is 0.356 e. The predicted molar refractivity (Wildman–Crippen MR) is 43.5 cm³/mol. The first kappa shape index (κ1) is 11.7. The zero-order valence-electron chi connectivity index (χ0n) is 7.43. The molecule has 0 atom stereocenters. The van der Waals surface area contributed by atoms with Crippen molar-refractivity contribution in [3.63, 3.8) is 0 Å².